The molecule has 1 unspecified atom stereocenters. The van der Waals surface area contributed by atoms with E-state index < -0.39 is 0 Å². The molecule has 0 heterocycles. The van der Waals surface area contributed by atoms with Crippen LogP contribution in [0.15, 0.2) is 11.6 Å². The van der Waals surface area contributed by atoms with Crippen LogP contribution in [-0.4, -0.2) is 5.24 Å². The quantitative estimate of drug-likeness (QED) is 0.439. The zero-order chi connectivity index (χ0) is 8.43. The van der Waals surface area contributed by atoms with E-state index in [1.54, 1.807) is 0 Å². The van der Waals surface area contributed by atoms with E-state index in [0.717, 1.165) is 12.8 Å². The third-order valence-corrected chi connectivity index (χ3v) is 2.62. The predicted molar refractivity (Wildman–Crippen MR) is 46.5 cm³/mol. The fourth-order valence-electron chi connectivity index (χ4n) is 1.61. The van der Waals surface area contributed by atoms with Gasteiger partial charge in [-0.05, 0) is 37.3 Å². The normalized spacial score (nSPS) is 31.4. The molecule has 11 heavy (non-hydrogen) atoms. The lowest BCUT2D eigenvalue weighted by molar-refractivity contribution is -0.116. The minimum atomic E-state index is -0.179. The summed E-state index contributed by atoms with van der Waals surface area (Å²) in [5, 5.41) is -0.179. The maximum absolute atomic E-state index is 10.9. The smallest absolute Gasteiger partial charge is 0.225 e. The first-order valence-electron chi connectivity index (χ1n) is 3.96. The van der Waals surface area contributed by atoms with Crippen LogP contribution in [-0.2, 0) is 4.79 Å². The van der Waals surface area contributed by atoms with Gasteiger partial charge in [0, 0.05) is 5.92 Å². The van der Waals surface area contributed by atoms with E-state index in [1.807, 2.05) is 0 Å². The summed E-state index contributed by atoms with van der Waals surface area (Å²) in [6.07, 6.45) is 3.96. The molecule has 1 aliphatic rings. The maximum atomic E-state index is 10.9. The van der Waals surface area contributed by atoms with E-state index in [0.29, 0.717) is 5.92 Å². The zero-order valence-electron chi connectivity index (χ0n) is 6.93. The number of hydrogen-bond acceptors (Lipinski definition) is 1. The van der Waals surface area contributed by atoms with Crippen molar-refractivity contribution in [3.05, 3.63) is 11.6 Å². The molecule has 0 saturated carbocycles. The van der Waals surface area contributed by atoms with Gasteiger partial charge >= 0.3 is 0 Å². The monoisotopic (exact) mass is 172 g/mol. The van der Waals surface area contributed by atoms with Gasteiger partial charge in [-0.15, -0.1) is 0 Å². The molecule has 0 N–H and O–H groups in total. The van der Waals surface area contributed by atoms with E-state index >= 15 is 0 Å². The Morgan fingerprint density at radius 1 is 1.73 bits per heavy atom. The highest BCUT2D eigenvalue weighted by Crippen LogP contribution is 2.30. The van der Waals surface area contributed by atoms with Crippen molar-refractivity contribution in [2.24, 2.45) is 11.8 Å². The van der Waals surface area contributed by atoms with Gasteiger partial charge in [0.05, 0.1) is 0 Å². The van der Waals surface area contributed by atoms with Crippen LogP contribution < -0.4 is 0 Å². The molecule has 0 radical (unpaired) electrons. The summed E-state index contributed by atoms with van der Waals surface area (Å²) in [5.41, 5.74) is 1.38. The van der Waals surface area contributed by atoms with Gasteiger partial charge < -0.3 is 0 Å². The number of carbonyl (C=O) groups excluding carboxylic acids is 1. The lowest BCUT2D eigenvalue weighted by atomic mass is 9.82. The maximum Gasteiger partial charge on any atom is 0.225 e. The molecular weight excluding hydrogens is 160 g/mol. The highest BCUT2D eigenvalue weighted by molar-refractivity contribution is 6.64. The SMILES string of the molecule is CC1=CCC(C(=O)Cl)[C@@H](C)C1. The number of rotatable bonds is 1. The molecule has 1 nitrogen and oxygen atoms in total. The fraction of sp³-hybridized carbons (Fsp3) is 0.667. The van der Waals surface area contributed by atoms with Crippen molar-refractivity contribution in [3.63, 3.8) is 0 Å². The summed E-state index contributed by atoms with van der Waals surface area (Å²) in [6.45, 7) is 4.19. The van der Waals surface area contributed by atoms with Crippen molar-refractivity contribution in [2.75, 3.05) is 0 Å². The number of hydrogen-bond donors (Lipinski definition) is 0. The molecule has 0 bridgehead atoms. The van der Waals surface area contributed by atoms with Gasteiger partial charge in [-0.25, -0.2) is 0 Å². The highest BCUT2D eigenvalue weighted by atomic mass is 35.5. The third kappa shape index (κ3) is 2.06. The van der Waals surface area contributed by atoms with Crippen molar-refractivity contribution in [2.45, 2.75) is 26.7 Å². The van der Waals surface area contributed by atoms with Crippen molar-refractivity contribution in [3.8, 4) is 0 Å². The van der Waals surface area contributed by atoms with Crippen LogP contribution in [0.4, 0.5) is 0 Å². The highest BCUT2D eigenvalue weighted by Gasteiger charge is 2.25. The van der Waals surface area contributed by atoms with Crippen molar-refractivity contribution >= 4 is 16.8 Å². The standard InChI is InChI=1S/C9H13ClO/c1-6-3-4-8(9(10)11)7(2)5-6/h3,7-8H,4-5H2,1-2H3/t7-,8?/m0/s1. The number of allylic oxidation sites excluding steroid dienone is 2. The Morgan fingerprint density at radius 3 is 2.82 bits per heavy atom. The zero-order valence-corrected chi connectivity index (χ0v) is 7.69. The summed E-state index contributed by atoms with van der Waals surface area (Å²) < 4.78 is 0. The van der Waals surface area contributed by atoms with E-state index in [9.17, 15) is 4.79 Å². The Kier molecular flexibility index (Phi) is 2.72. The molecule has 0 amide bonds. The third-order valence-electron chi connectivity index (χ3n) is 2.34. The Bertz CT molecular complexity index is 196. The number of halogens is 1. The van der Waals surface area contributed by atoms with Gasteiger partial charge in [0.25, 0.3) is 0 Å². The van der Waals surface area contributed by atoms with Crippen molar-refractivity contribution < 1.29 is 4.79 Å². The first kappa shape index (κ1) is 8.79. The average molecular weight is 173 g/mol. The molecule has 1 aliphatic carbocycles. The summed E-state index contributed by atoms with van der Waals surface area (Å²) in [4.78, 5) is 10.9. The molecule has 0 aromatic heterocycles. The first-order chi connectivity index (χ1) is 5.11. The first-order valence-corrected chi connectivity index (χ1v) is 4.34. The van der Waals surface area contributed by atoms with Crippen LogP contribution in [0, 0.1) is 11.8 Å². The molecule has 2 heteroatoms. The Labute approximate surface area is 72.4 Å². The lowest BCUT2D eigenvalue weighted by Crippen LogP contribution is -2.20. The Hall–Kier alpha value is -0.300. The van der Waals surface area contributed by atoms with Crippen LogP contribution in [0.2, 0.25) is 0 Å². The van der Waals surface area contributed by atoms with Crippen LogP contribution in [0.1, 0.15) is 26.7 Å². The second-order valence-electron chi connectivity index (χ2n) is 3.38. The van der Waals surface area contributed by atoms with Crippen LogP contribution in [0.5, 0.6) is 0 Å². The summed E-state index contributed by atoms with van der Waals surface area (Å²) >= 11 is 5.43. The molecule has 1 rings (SSSR count). The lowest BCUT2D eigenvalue weighted by Gasteiger charge is -2.24. The minimum Gasteiger partial charge on any atom is -0.281 e. The molecule has 2 atom stereocenters. The molecule has 0 aliphatic heterocycles. The summed E-state index contributed by atoms with van der Waals surface area (Å²) in [6, 6.07) is 0. The number of carbonyl (C=O) groups is 1. The van der Waals surface area contributed by atoms with Gasteiger partial charge in [0.15, 0.2) is 0 Å². The van der Waals surface area contributed by atoms with Crippen molar-refractivity contribution in [1.29, 1.82) is 0 Å². The van der Waals surface area contributed by atoms with E-state index in [4.69, 9.17) is 11.6 Å². The van der Waals surface area contributed by atoms with Gasteiger partial charge in [-0.1, -0.05) is 18.6 Å². The molecule has 0 fully saturated rings. The Balaban J connectivity index is 2.65. The molecule has 0 aromatic carbocycles. The van der Waals surface area contributed by atoms with Crippen LogP contribution in [0.25, 0.3) is 0 Å². The second-order valence-corrected chi connectivity index (χ2v) is 3.75. The molecule has 62 valence electrons. The second kappa shape index (κ2) is 3.40. The van der Waals surface area contributed by atoms with Gasteiger partial charge in [0.1, 0.15) is 0 Å². The van der Waals surface area contributed by atoms with Gasteiger partial charge in [0.2, 0.25) is 5.24 Å². The molecular formula is C9H13ClO. The summed E-state index contributed by atoms with van der Waals surface area (Å²) in [5.74, 6) is 0.477. The largest absolute Gasteiger partial charge is 0.281 e. The topological polar surface area (TPSA) is 17.1 Å². The van der Waals surface area contributed by atoms with Gasteiger partial charge in [-0.3, -0.25) is 4.79 Å². The van der Waals surface area contributed by atoms with E-state index in [1.165, 1.54) is 5.57 Å². The van der Waals surface area contributed by atoms with Crippen molar-refractivity contribution in [1.82, 2.24) is 0 Å². The van der Waals surface area contributed by atoms with E-state index in [2.05, 4.69) is 19.9 Å². The summed E-state index contributed by atoms with van der Waals surface area (Å²) in [7, 11) is 0. The molecule has 0 spiro atoms. The van der Waals surface area contributed by atoms with Crippen LogP contribution >= 0.6 is 11.6 Å². The Morgan fingerprint density at radius 2 is 2.36 bits per heavy atom. The average Bonchev–Trinajstić information content (AvgIpc) is 1.85. The fourth-order valence-corrected chi connectivity index (χ4v) is 1.91. The molecule has 0 aromatic rings. The minimum absolute atomic E-state index is 0.0559. The van der Waals surface area contributed by atoms with E-state index in [-0.39, 0.29) is 11.2 Å². The van der Waals surface area contributed by atoms with Crippen LogP contribution in [0.3, 0.4) is 0 Å². The predicted octanol–water partition coefficient (Wildman–Crippen LogP) is 2.74. The molecule has 0 saturated heterocycles. The van der Waals surface area contributed by atoms with Gasteiger partial charge in [-0.2, -0.15) is 0 Å².